The third-order valence-corrected chi connectivity index (χ3v) is 5.36. The number of nitrogens with one attached hydrogen (secondary N) is 1. The van der Waals surface area contributed by atoms with Crippen molar-refractivity contribution in [3.05, 3.63) is 40.3 Å². The minimum absolute atomic E-state index is 1.03. The Morgan fingerprint density at radius 2 is 2.00 bits per heavy atom. The van der Waals surface area contributed by atoms with Crippen molar-refractivity contribution >= 4 is 22.4 Å². The summed E-state index contributed by atoms with van der Waals surface area (Å²) in [5.74, 6) is 1.03. The van der Waals surface area contributed by atoms with E-state index in [9.17, 15) is 0 Å². The number of aromatic nitrogens is 2. The summed E-state index contributed by atoms with van der Waals surface area (Å²) in [4.78, 5) is 11.1. The Kier molecular flexibility index (Phi) is 2.88. The molecule has 0 bridgehead atoms. The summed E-state index contributed by atoms with van der Waals surface area (Å²) in [6, 6.07) is 8.75. The maximum atomic E-state index is 4.75. The molecule has 0 amide bonds. The van der Waals surface area contributed by atoms with Crippen LogP contribution in [0.15, 0.2) is 24.3 Å². The first-order chi connectivity index (χ1) is 9.79. The number of imidazole rings is 1. The molecule has 102 valence electrons. The molecule has 0 fully saturated rings. The average molecular weight is 282 g/mol. The fourth-order valence-electron chi connectivity index (χ4n) is 3.02. The molecule has 0 saturated carbocycles. The number of nitrogens with zero attached hydrogens (tertiary/aromatic N) is 1. The third-order valence-electron chi connectivity index (χ3n) is 4.12. The second kappa shape index (κ2) is 4.74. The van der Waals surface area contributed by atoms with Gasteiger partial charge >= 0.3 is 0 Å². The van der Waals surface area contributed by atoms with Crippen molar-refractivity contribution in [1.82, 2.24) is 9.97 Å². The zero-order valence-electron chi connectivity index (χ0n) is 11.7. The van der Waals surface area contributed by atoms with Gasteiger partial charge in [0.25, 0.3) is 0 Å². The minimum atomic E-state index is 1.03. The first kappa shape index (κ1) is 12.2. The van der Waals surface area contributed by atoms with E-state index in [1.165, 1.54) is 42.5 Å². The highest BCUT2D eigenvalue weighted by Gasteiger charge is 2.15. The van der Waals surface area contributed by atoms with Crippen LogP contribution in [-0.4, -0.2) is 9.97 Å². The van der Waals surface area contributed by atoms with Crippen LogP contribution in [-0.2, 0) is 12.8 Å². The Labute approximate surface area is 122 Å². The fraction of sp³-hybridized carbons (Fsp3) is 0.353. The predicted octanol–water partition coefficient (Wildman–Crippen LogP) is 4.87. The molecular weight excluding hydrogens is 264 g/mol. The second-order valence-electron chi connectivity index (χ2n) is 5.73. The van der Waals surface area contributed by atoms with Crippen molar-refractivity contribution in [2.75, 3.05) is 0 Å². The van der Waals surface area contributed by atoms with Crippen LogP contribution >= 0.6 is 11.3 Å². The number of hydrogen-bond acceptors (Lipinski definition) is 2. The van der Waals surface area contributed by atoms with Gasteiger partial charge in [-0.2, -0.15) is 0 Å². The number of H-pyrrole nitrogens is 1. The summed E-state index contributed by atoms with van der Waals surface area (Å²) in [6.07, 6.45) is 6.54. The van der Waals surface area contributed by atoms with Gasteiger partial charge in [0.2, 0.25) is 0 Å². The van der Waals surface area contributed by atoms with Crippen molar-refractivity contribution in [2.24, 2.45) is 0 Å². The summed E-state index contributed by atoms with van der Waals surface area (Å²) in [5, 5.41) is 0. The second-order valence-corrected chi connectivity index (χ2v) is 6.86. The zero-order chi connectivity index (χ0) is 13.5. The largest absolute Gasteiger partial charge is 0.337 e. The van der Waals surface area contributed by atoms with Gasteiger partial charge in [0.1, 0.15) is 5.82 Å². The molecule has 3 heteroatoms. The Balaban J connectivity index is 1.78. The number of hydrogen-bond donors (Lipinski definition) is 1. The minimum Gasteiger partial charge on any atom is -0.337 e. The maximum Gasteiger partial charge on any atom is 0.148 e. The van der Waals surface area contributed by atoms with Crippen LogP contribution < -0.4 is 0 Å². The molecule has 1 N–H and O–H groups in total. The number of benzene rings is 1. The van der Waals surface area contributed by atoms with Crippen LogP contribution in [0.5, 0.6) is 0 Å². The van der Waals surface area contributed by atoms with Crippen molar-refractivity contribution in [2.45, 2.75) is 39.0 Å². The Morgan fingerprint density at radius 3 is 2.95 bits per heavy atom. The van der Waals surface area contributed by atoms with Crippen molar-refractivity contribution in [3.63, 3.8) is 0 Å². The number of fused-ring (bicyclic) bond motifs is 2. The number of thiophene rings is 1. The summed E-state index contributed by atoms with van der Waals surface area (Å²) < 4.78 is 0. The van der Waals surface area contributed by atoms with Gasteiger partial charge in [-0.3, -0.25) is 0 Å². The van der Waals surface area contributed by atoms with Gasteiger partial charge in [0.15, 0.2) is 0 Å². The molecule has 0 unspecified atom stereocenters. The van der Waals surface area contributed by atoms with E-state index >= 15 is 0 Å². The van der Waals surface area contributed by atoms with Crippen molar-refractivity contribution in [1.29, 1.82) is 0 Å². The molecule has 20 heavy (non-hydrogen) atoms. The van der Waals surface area contributed by atoms with Crippen molar-refractivity contribution in [3.8, 4) is 10.7 Å². The van der Waals surface area contributed by atoms with E-state index < -0.39 is 0 Å². The molecule has 0 saturated heterocycles. The van der Waals surface area contributed by atoms with Gasteiger partial charge in [-0.05, 0) is 61.9 Å². The summed E-state index contributed by atoms with van der Waals surface area (Å²) in [7, 11) is 0. The maximum absolute atomic E-state index is 4.75. The molecule has 1 aliphatic carbocycles. The molecule has 2 nitrogen and oxygen atoms in total. The molecule has 4 rings (SSSR count). The highest BCUT2D eigenvalue weighted by atomic mass is 32.1. The molecule has 1 aromatic carbocycles. The molecule has 0 atom stereocenters. The molecular formula is C17H18N2S. The van der Waals surface area contributed by atoms with Gasteiger partial charge in [0.05, 0.1) is 15.9 Å². The van der Waals surface area contributed by atoms with Crippen LogP contribution in [0, 0.1) is 6.92 Å². The van der Waals surface area contributed by atoms with E-state index in [0.29, 0.717) is 0 Å². The number of aryl methyl sites for hydroxylation is 3. The van der Waals surface area contributed by atoms with Crippen LogP contribution in [0.25, 0.3) is 21.7 Å². The van der Waals surface area contributed by atoms with Gasteiger partial charge in [-0.25, -0.2) is 4.98 Å². The van der Waals surface area contributed by atoms with Crippen LogP contribution in [0.3, 0.4) is 0 Å². The van der Waals surface area contributed by atoms with Crippen LogP contribution in [0.4, 0.5) is 0 Å². The van der Waals surface area contributed by atoms with Gasteiger partial charge < -0.3 is 4.98 Å². The summed E-state index contributed by atoms with van der Waals surface area (Å²) in [5.41, 5.74) is 5.03. The molecule has 2 aromatic heterocycles. The summed E-state index contributed by atoms with van der Waals surface area (Å²) >= 11 is 1.93. The first-order valence-corrected chi connectivity index (χ1v) is 8.19. The fourth-order valence-corrected chi connectivity index (χ4v) is 4.22. The quantitative estimate of drug-likeness (QED) is 0.634. The van der Waals surface area contributed by atoms with E-state index in [0.717, 1.165) is 16.9 Å². The zero-order valence-corrected chi connectivity index (χ0v) is 12.5. The molecule has 0 radical (unpaired) electrons. The Bertz CT molecular complexity index is 743. The van der Waals surface area contributed by atoms with E-state index in [4.69, 9.17) is 4.98 Å². The lowest BCUT2D eigenvalue weighted by Crippen LogP contribution is -1.81. The third kappa shape index (κ3) is 2.06. The monoisotopic (exact) mass is 282 g/mol. The van der Waals surface area contributed by atoms with Gasteiger partial charge in [-0.1, -0.05) is 12.5 Å². The number of rotatable bonds is 1. The average Bonchev–Trinajstić information content (AvgIpc) is 2.97. The van der Waals surface area contributed by atoms with E-state index in [-0.39, 0.29) is 0 Å². The highest BCUT2D eigenvalue weighted by Crippen LogP contribution is 2.34. The molecule has 2 heterocycles. The van der Waals surface area contributed by atoms with E-state index in [2.05, 4.69) is 36.2 Å². The lowest BCUT2D eigenvalue weighted by atomic mass is 10.1. The molecule has 0 aliphatic heterocycles. The predicted molar refractivity (Wildman–Crippen MR) is 85.4 cm³/mol. The van der Waals surface area contributed by atoms with E-state index in [1.54, 1.807) is 10.4 Å². The molecule has 0 spiro atoms. The topological polar surface area (TPSA) is 28.7 Å². The van der Waals surface area contributed by atoms with Crippen LogP contribution in [0.2, 0.25) is 0 Å². The van der Waals surface area contributed by atoms with E-state index in [1.807, 2.05) is 11.3 Å². The Morgan fingerprint density at radius 1 is 1.10 bits per heavy atom. The van der Waals surface area contributed by atoms with Gasteiger partial charge in [-0.15, -0.1) is 11.3 Å². The first-order valence-electron chi connectivity index (χ1n) is 7.38. The SMILES string of the molecule is Cc1ccc2nc(-c3cc4c(s3)CCCCC4)[nH]c2c1. The van der Waals surface area contributed by atoms with Gasteiger partial charge in [0, 0.05) is 4.88 Å². The molecule has 3 aromatic rings. The lowest BCUT2D eigenvalue weighted by molar-refractivity contribution is 0.713. The summed E-state index contributed by atoms with van der Waals surface area (Å²) in [6.45, 7) is 2.12. The normalized spacial score (nSPS) is 15.2. The standard InChI is InChI=1S/C17H18N2S/c1-11-7-8-13-14(9-11)19-17(18-13)16-10-12-5-3-2-4-6-15(12)20-16/h7-10H,2-6H2,1H3,(H,18,19). The molecule has 1 aliphatic rings. The van der Waals surface area contributed by atoms with Crippen LogP contribution in [0.1, 0.15) is 35.3 Å². The smallest absolute Gasteiger partial charge is 0.148 e. The highest BCUT2D eigenvalue weighted by molar-refractivity contribution is 7.15. The number of aromatic amines is 1. The lowest BCUT2D eigenvalue weighted by Gasteiger charge is -1.92. The Hall–Kier alpha value is -1.61. The van der Waals surface area contributed by atoms with Crippen molar-refractivity contribution < 1.29 is 0 Å².